The molecule has 0 saturated carbocycles. The average molecular weight is 403 g/mol. The molecule has 3 rings (SSSR count). The molecule has 0 fully saturated rings. The molecule has 1 aliphatic heterocycles. The lowest BCUT2D eigenvalue weighted by molar-refractivity contribution is -0.0924. The van der Waals surface area contributed by atoms with Crippen LogP contribution in [0.2, 0.25) is 0 Å². The highest BCUT2D eigenvalue weighted by molar-refractivity contribution is 5.94. The minimum atomic E-state index is -0.747. The summed E-state index contributed by atoms with van der Waals surface area (Å²) in [4.78, 5) is 29.7. The van der Waals surface area contributed by atoms with Crippen molar-refractivity contribution in [2.45, 2.75) is 51.7 Å². The highest BCUT2D eigenvalue weighted by Gasteiger charge is 2.40. The van der Waals surface area contributed by atoms with Crippen LogP contribution in [-0.2, 0) is 23.3 Å². The molecule has 2 aromatic rings. The molecule has 1 unspecified atom stereocenters. The molecule has 1 atom stereocenters. The molecule has 0 aliphatic carbocycles. The molecule has 1 aromatic heterocycles. The molecule has 156 valence electrons. The lowest BCUT2D eigenvalue weighted by Crippen LogP contribution is -2.45. The Kier molecular flexibility index (Phi) is 6.32. The fraction of sp³-hybridized carbons (Fsp3) is 0.476. The second kappa shape index (κ2) is 8.73. The molecule has 0 spiro atoms. The van der Waals surface area contributed by atoms with Crippen LogP contribution in [0.15, 0.2) is 29.1 Å². The van der Waals surface area contributed by atoms with E-state index in [4.69, 9.17) is 4.74 Å². The predicted molar refractivity (Wildman–Crippen MR) is 105 cm³/mol. The van der Waals surface area contributed by atoms with Gasteiger partial charge in [-0.3, -0.25) is 14.2 Å². The molecule has 2 heterocycles. The number of hydrogen-bond acceptors (Lipinski definition) is 5. The van der Waals surface area contributed by atoms with Gasteiger partial charge in [0.05, 0.1) is 13.2 Å². The number of carbonyl (C=O) groups excluding carboxylic acids is 1. The minimum Gasteiger partial charge on any atom is -0.501 e. The molecule has 0 saturated heterocycles. The Bertz CT molecular complexity index is 942. The van der Waals surface area contributed by atoms with Gasteiger partial charge in [-0.2, -0.15) is 0 Å². The van der Waals surface area contributed by atoms with Crippen molar-refractivity contribution in [3.63, 3.8) is 0 Å². The summed E-state index contributed by atoms with van der Waals surface area (Å²) in [5.74, 6) is -1.22. The second-order valence-electron chi connectivity index (χ2n) is 7.17. The van der Waals surface area contributed by atoms with Crippen LogP contribution in [0.4, 0.5) is 4.39 Å². The Morgan fingerprint density at radius 1 is 1.34 bits per heavy atom. The Morgan fingerprint density at radius 3 is 2.72 bits per heavy atom. The number of aromatic nitrogens is 2. The zero-order chi connectivity index (χ0) is 21.0. The quantitative estimate of drug-likeness (QED) is 0.741. The van der Waals surface area contributed by atoms with Gasteiger partial charge in [-0.15, -0.1) is 0 Å². The van der Waals surface area contributed by atoms with Gasteiger partial charge in [-0.25, -0.2) is 9.37 Å². The van der Waals surface area contributed by atoms with E-state index in [1.54, 1.807) is 12.1 Å². The summed E-state index contributed by atoms with van der Waals surface area (Å²) in [5, 5.41) is 13.0. The Balaban J connectivity index is 1.84. The van der Waals surface area contributed by atoms with E-state index in [-0.39, 0.29) is 24.6 Å². The van der Waals surface area contributed by atoms with Crippen molar-refractivity contribution in [3.05, 3.63) is 57.5 Å². The maximum atomic E-state index is 13.0. The number of amides is 1. The van der Waals surface area contributed by atoms with Crippen LogP contribution in [0.5, 0.6) is 5.75 Å². The number of ether oxygens (including phenoxy) is 1. The smallest absolute Gasteiger partial charge is 0.296 e. The predicted octanol–water partition coefficient (Wildman–Crippen LogP) is 2.50. The van der Waals surface area contributed by atoms with Gasteiger partial charge in [-0.1, -0.05) is 32.4 Å². The number of benzene rings is 1. The third-order valence-electron chi connectivity index (χ3n) is 5.30. The van der Waals surface area contributed by atoms with Gasteiger partial charge < -0.3 is 15.2 Å². The van der Waals surface area contributed by atoms with Crippen molar-refractivity contribution in [2.75, 3.05) is 13.2 Å². The molecule has 0 bridgehead atoms. The maximum Gasteiger partial charge on any atom is 0.296 e. The fourth-order valence-corrected chi connectivity index (χ4v) is 3.73. The minimum absolute atomic E-state index is 0.258. The average Bonchev–Trinajstić information content (AvgIpc) is 2.72. The van der Waals surface area contributed by atoms with Crippen molar-refractivity contribution >= 4 is 5.91 Å². The first kappa shape index (κ1) is 21.0. The summed E-state index contributed by atoms with van der Waals surface area (Å²) in [5.41, 5.74) is -0.811. The first-order valence-corrected chi connectivity index (χ1v) is 9.92. The summed E-state index contributed by atoms with van der Waals surface area (Å²) < 4.78 is 20.4. The van der Waals surface area contributed by atoms with Gasteiger partial charge in [0.2, 0.25) is 5.75 Å². The molecule has 0 radical (unpaired) electrons. The van der Waals surface area contributed by atoms with Crippen LogP contribution in [0.1, 0.15) is 55.0 Å². The topological polar surface area (TPSA) is 93.5 Å². The van der Waals surface area contributed by atoms with Gasteiger partial charge in [0.15, 0.2) is 5.69 Å². The van der Waals surface area contributed by atoms with E-state index in [0.717, 1.165) is 12.0 Å². The van der Waals surface area contributed by atoms with Gasteiger partial charge in [0, 0.05) is 6.54 Å². The molecule has 29 heavy (non-hydrogen) atoms. The van der Waals surface area contributed by atoms with E-state index in [1.165, 1.54) is 16.7 Å². The third kappa shape index (κ3) is 4.17. The van der Waals surface area contributed by atoms with Crippen molar-refractivity contribution in [3.8, 4) is 5.75 Å². The highest BCUT2D eigenvalue weighted by Crippen LogP contribution is 2.36. The molecular weight excluding hydrogens is 377 g/mol. The van der Waals surface area contributed by atoms with Crippen LogP contribution < -0.4 is 10.9 Å². The molecule has 8 heteroatoms. The van der Waals surface area contributed by atoms with Gasteiger partial charge in [0.25, 0.3) is 11.5 Å². The Labute approximate surface area is 168 Å². The van der Waals surface area contributed by atoms with E-state index >= 15 is 0 Å². The van der Waals surface area contributed by atoms with E-state index in [1.807, 2.05) is 13.8 Å². The van der Waals surface area contributed by atoms with E-state index in [0.29, 0.717) is 31.7 Å². The number of nitrogens with zero attached hydrogens (tertiary/aromatic N) is 2. The Morgan fingerprint density at radius 2 is 2.07 bits per heavy atom. The molecule has 1 aliphatic rings. The lowest BCUT2D eigenvalue weighted by atomic mass is 9.92. The molecule has 2 N–H and O–H groups in total. The normalized spacial score (nSPS) is 18.3. The van der Waals surface area contributed by atoms with Gasteiger partial charge in [-0.05, 0) is 37.0 Å². The summed E-state index contributed by atoms with van der Waals surface area (Å²) in [6.45, 7) is 4.86. The Hall–Kier alpha value is -2.74. The third-order valence-corrected chi connectivity index (χ3v) is 5.30. The van der Waals surface area contributed by atoms with Crippen molar-refractivity contribution in [2.24, 2.45) is 0 Å². The van der Waals surface area contributed by atoms with Crippen LogP contribution in [0.25, 0.3) is 0 Å². The number of aromatic hydroxyl groups is 1. The monoisotopic (exact) mass is 403 g/mol. The standard InChI is InChI=1S/C21H26FN3O4/c1-3-10-21(4-2)20-24-16(17(26)19(28)25(20)12-13-29-21)18(27)23-11-9-14-5-7-15(22)8-6-14/h5-8,26H,3-4,9-13H2,1-2H3,(H,23,27). The zero-order valence-corrected chi connectivity index (χ0v) is 16.7. The lowest BCUT2D eigenvalue weighted by Gasteiger charge is -2.38. The van der Waals surface area contributed by atoms with Crippen molar-refractivity contribution in [1.82, 2.24) is 14.9 Å². The van der Waals surface area contributed by atoms with Crippen molar-refractivity contribution < 1.29 is 19.0 Å². The summed E-state index contributed by atoms with van der Waals surface area (Å²) in [6.07, 6.45) is 2.56. The molecule has 1 amide bonds. The summed E-state index contributed by atoms with van der Waals surface area (Å²) in [7, 11) is 0. The van der Waals surface area contributed by atoms with Crippen LogP contribution in [0.3, 0.4) is 0 Å². The van der Waals surface area contributed by atoms with E-state index < -0.39 is 22.8 Å². The summed E-state index contributed by atoms with van der Waals surface area (Å²) >= 11 is 0. The van der Waals surface area contributed by atoms with Crippen molar-refractivity contribution in [1.29, 1.82) is 0 Å². The number of fused-ring (bicyclic) bond motifs is 1. The highest BCUT2D eigenvalue weighted by atomic mass is 19.1. The van der Waals surface area contributed by atoms with E-state index in [9.17, 15) is 19.1 Å². The number of halogens is 1. The SMILES string of the molecule is CCCC1(CC)OCCn2c1nc(C(=O)NCCc1ccc(F)cc1)c(O)c2=O. The number of carbonyl (C=O) groups is 1. The fourth-order valence-electron chi connectivity index (χ4n) is 3.73. The first-order valence-electron chi connectivity index (χ1n) is 9.92. The first-order chi connectivity index (χ1) is 13.9. The van der Waals surface area contributed by atoms with Crippen LogP contribution in [0, 0.1) is 5.82 Å². The van der Waals surface area contributed by atoms with Crippen LogP contribution >= 0.6 is 0 Å². The maximum absolute atomic E-state index is 13.0. The number of hydrogen-bond donors (Lipinski definition) is 2. The molecular formula is C21H26FN3O4. The second-order valence-corrected chi connectivity index (χ2v) is 7.17. The van der Waals surface area contributed by atoms with Crippen LogP contribution in [-0.4, -0.2) is 33.7 Å². The van der Waals surface area contributed by atoms with Gasteiger partial charge in [0.1, 0.15) is 17.2 Å². The number of nitrogens with one attached hydrogen (secondary N) is 1. The summed E-state index contributed by atoms with van der Waals surface area (Å²) in [6, 6.07) is 5.99. The molecule has 1 aromatic carbocycles. The largest absolute Gasteiger partial charge is 0.501 e. The molecule has 7 nitrogen and oxygen atoms in total. The van der Waals surface area contributed by atoms with Gasteiger partial charge >= 0.3 is 0 Å². The van der Waals surface area contributed by atoms with E-state index in [2.05, 4.69) is 10.3 Å². The number of rotatable bonds is 7. The zero-order valence-electron chi connectivity index (χ0n) is 16.7.